The molecule has 0 fully saturated rings. The van der Waals surface area contributed by atoms with Crippen molar-refractivity contribution in [3.63, 3.8) is 0 Å². The second-order valence-corrected chi connectivity index (χ2v) is 5.41. The standard InChI is InChI=1S/C12H27N/c1-6-8-13-9-7-11(2)10-12(3,4)5/h11,13H,6-10H2,1-5H3. The monoisotopic (exact) mass is 185 g/mol. The van der Waals surface area contributed by atoms with Gasteiger partial charge in [-0.25, -0.2) is 0 Å². The quantitative estimate of drug-likeness (QED) is 0.625. The zero-order valence-corrected chi connectivity index (χ0v) is 10.1. The van der Waals surface area contributed by atoms with Gasteiger partial charge in [0.1, 0.15) is 0 Å². The van der Waals surface area contributed by atoms with E-state index in [1.807, 2.05) is 0 Å². The highest BCUT2D eigenvalue weighted by atomic mass is 14.8. The summed E-state index contributed by atoms with van der Waals surface area (Å²) < 4.78 is 0. The first kappa shape index (κ1) is 13.0. The van der Waals surface area contributed by atoms with Crippen LogP contribution in [0.3, 0.4) is 0 Å². The van der Waals surface area contributed by atoms with Gasteiger partial charge in [0.2, 0.25) is 0 Å². The van der Waals surface area contributed by atoms with Gasteiger partial charge >= 0.3 is 0 Å². The van der Waals surface area contributed by atoms with Crippen molar-refractivity contribution in [2.75, 3.05) is 13.1 Å². The van der Waals surface area contributed by atoms with E-state index in [0.717, 1.165) is 5.92 Å². The molecule has 80 valence electrons. The van der Waals surface area contributed by atoms with Crippen LogP contribution in [0.4, 0.5) is 0 Å². The van der Waals surface area contributed by atoms with Gasteiger partial charge in [0.25, 0.3) is 0 Å². The maximum atomic E-state index is 3.45. The molecule has 0 aromatic carbocycles. The zero-order chi connectivity index (χ0) is 10.3. The van der Waals surface area contributed by atoms with Gasteiger partial charge in [-0.05, 0) is 43.7 Å². The average molecular weight is 185 g/mol. The van der Waals surface area contributed by atoms with Crippen LogP contribution in [0.25, 0.3) is 0 Å². The van der Waals surface area contributed by atoms with Crippen LogP contribution in [0.1, 0.15) is 53.9 Å². The predicted octanol–water partition coefficient (Wildman–Crippen LogP) is 3.45. The summed E-state index contributed by atoms with van der Waals surface area (Å²) in [4.78, 5) is 0. The molecule has 0 aromatic heterocycles. The molecule has 1 atom stereocenters. The fraction of sp³-hybridized carbons (Fsp3) is 1.00. The van der Waals surface area contributed by atoms with E-state index in [9.17, 15) is 0 Å². The molecule has 0 saturated heterocycles. The minimum Gasteiger partial charge on any atom is -0.317 e. The van der Waals surface area contributed by atoms with Gasteiger partial charge in [-0.1, -0.05) is 34.6 Å². The lowest BCUT2D eigenvalue weighted by Gasteiger charge is -2.23. The van der Waals surface area contributed by atoms with Crippen molar-refractivity contribution in [3.8, 4) is 0 Å². The molecule has 0 aromatic rings. The molecule has 0 aliphatic rings. The van der Waals surface area contributed by atoms with Crippen molar-refractivity contribution < 1.29 is 0 Å². The number of hydrogen-bond acceptors (Lipinski definition) is 1. The third kappa shape index (κ3) is 9.88. The van der Waals surface area contributed by atoms with Gasteiger partial charge in [0.05, 0.1) is 0 Å². The molecular formula is C12H27N. The van der Waals surface area contributed by atoms with Crippen molar-refractivity contribution in [2.24, 2.45) is 11.3 Å². The fourth-order valence-electron chi connectivity index (χ4n) is 1.80. The Morgan fingerprint density at radius 2 is 1.77 bits per heavy atom. The summed E-state index contributed by atoms with van der Waals surface area (Å²) >= 11 is 0. The highest BCUT2D eigenvalue weighted by Gasteiger charge is 2.14. The molecule has 1 unspecified atom stereocenters. The van der Waals surface area contributed by atoms with Gasteiger partial charge in [-0.15, -0.1) is 0 Å². The molecule has 0 heterocycles. The maximum Gasteiger partial charge on any atom is -0.00464 e. The molecule has 1 N–H and O–H groups in total. The van der Waals surface area contributed by atoms with Gasteiger partial charge in [0.15, 0.2) is 0 Å². The third-order valence-corrected chi connectivity index (χ3v) is 2.20. The number of nitrogens with one attached hydrogen (secondary N) is 1. The van der Waals surface area contributed by atoms with Gasteiger partial charge in [0, 0.05) is 0 Å². The Bertz CT molecular complexity index is 113. The number of rotatable bonds is 6. The first-order valence-corrected chi connectivity index (χ1v) is 5.66. The van der Waals surface area contributed by atoms with Gasteiger partial charge < -0.3 is 5.32 Å². The molecule has 0 saturated carbocycles. The molecule has 0 bridgehead atoms. The first-order chi connectivity index (χ1) is 5.95. The van der Waals surface area contributed by atoms with E-state index < -0.39 is 0 Å². The SMILES string of the molecule is CCCNCCC(C)CC(C)(C)C. The molecule has 1 heteroatoms. The zero-order valence-electron chi connectivity index (χ0n) is 10.1. The van der Waals surface area contributed by atoms with Crippen LogP contribution >= 0.6 is 0 Å². The Morgan fingerprint density at radius 1 is 1.15 bits per heavy atom. The third-order valence-electron chi connectivity index (χ3n) is 2.20. The molecule has 0 spiro atoms. The second kappa shape index (κ2) is 6.42. The van der Waals surface area contributed by atoms with Crippen molar-refractivity contribution in [1.82, 2.24) is 5.32 Å². The van der Waals surface area contributed by atoms with Crippen LogP contribution < -0.4 is 5.32 Å². The summed E-state index contributed by atoms with van der Waals surface area (Å²) in [7, 11) is 0. The lowest BCUT2D eigenvalue weighted by Crippen LogP contribution is -2.20. The van der Waals surface area contributed by atoms with E-state index >= 15 is 0 Å². The lowest BCUT2D eigenvalue weighted by molar-refractivity contribution is 0.295. The van der Waals surface area contributed by atoms with Crippen LogP contribution in [0.5, 0.6) is 0 Å². The maximum absolute atomic E-state index is 3.45. The number of hydrogen-bond donors (Lipinski definition) is 1. The minimum absolute atomic E-state index is 0.490. The minimum atomic E-state index is 0.490. The first-order valence-electron chi connectivity index (χ1n) is 5.66. The van der Waals surface area contributed by atoms with Gasteiger partial charge in [-0.3, -0.25) is 0 Å². The normalized spacial score (nSPS) is 14.5. The Balaban J connectivity index is 3.35. The largest absolute Gasteiger partial charge is 0.317 e. The Morgan fingerprint density at radius 3 is 2.23 bits per heavy atom. The summed E-state index contributed by atoms with van der Waals surface area (Å²) in [6, 6.07) is 0. The molecular weight excluding hydrogens is 158 g/mol. The van der Waals surface area contributed by atoms with Crippen LogP contribution in [-0.2, 0) is 0 Å². The molecule has 13 heavy (non-hydrogen) atoms. The van der Waals surface area contributed by atoms with E-state index in [1.54, 1.807) is 0 Å². The highest BCUT2D eigenvalue weighted by Crippen LogP contribution is 2.25. The van der Waals surface area contributed by atoms with E-state index in [-0.39, 0.29) is 0 Å². The summed E-state index contributed by atoms with van der Waals surface area (Å²) in [6.45, 7) is 13.9. The Kier molecular flexibility index (Phi) is 6.40. The summed E-state index contributed by atoms with van der Waals surface area (Å²) in [5.41, 5.74) is 0.490. The van der Waals surface area contributed by atoms with Crippen LogP contribution in [0.15, 0.2) is 0 Å². The highest BCUT2D eigenvalue weighted by molar-refractivity contribution is 4.66. The van der Waals surface area contributed by atoms with Crippen molar-refractivity contribution >= 4 is 0 Å². The van der Waals surface area contributed by atoms with Crippen molar-refractivity contribution in [2.45, 2.75) is 53.9 Å². The predicted molar refractivity (Wildman–Crippen MR) is 61.0 cm³/mol. The van der Waals surface area contributed by atoms with E-state index in [0.29, 0.717) is 5.41 Å². The smallest absolute Gasteiger partial charge is 0.00464 e. The van der Waals surface area contributed by atoms with Crippen LogP contribution in [0.2, 0.25) is 0 Å². The fourth-order valence-corrected chi connectivity index (χ4v) is 1.80. The van der Waals surface area contributed by atoms with Gasteiger partial charge in [-0.2, -0.15) is 0 Å². The Hall–Kier alpha value is -0.0400. The molecule has 0 aliphatic carbocycles. The summed E-state index contributed by atoms with van der Waals surface area (Å²) in [5.74, 6) is 0.851. The molecule has 1 nitrogen and oxygen atoms in total. The van der Waals surface area contributed by atoms with Crippen LogP contribution in [-0.4, -0.2) is 13.1 Å². The van der Waals surface area contributed by atoms with Crippen molar-refractivity contribution in [1.29, 1.82) is 0 Å². The van der Waals surface area contributed by atoms with E-state index in [1.165, 1.54) is 32.4 Å². The topological polar surface area (TPSA) is 12.0 Å². The average Bonchev–Trinajstić information content (AvgIpc) is 1.94. The molecule has 0 rings (SSSR count). The van der Waals surface area contributed by atoms with E-state index in [4.69, 9.17) is 0 Å². The second-order valence-electron chi connectivity index (χ2n) is 5.41. The Labute approximate surface area is 84.3 Å². The van der Waals surface area contributed by atoms with E-state index in [2.05, 4.69) is 39.9 Å². The molecule has 0 aliphatic heterocycles. The van der Waals surface area contributed by atoms with Crippen molar-refractivity contribution in [3.05, 3.63) is 0 Å². The summed E-state index contributed by atoms with van der Waals surface area (Å²) in [6.07, 6.45) is 3.89. The molecule has 0 radical (unpaired) electrons. The lowest BCUT2D eigenvalue weighted by atomic mass is 9.84. The molecule has 0 amide bonds. The summed E-state index contributed by atoms with van der Waals surface area (Å²) in [5, 5.41) is 3.45. The van der Waals surface area contributed by atoms with Crippen LogP contribution in [0, 0.1) is 11.3 Å².